The zero-order valence-electron chi connectivity index (χ0n) is 9.39. The molecule has 0 atom stereocenters. The second kappa shape index (κ2) is 5.00. The van der Waals surface area contributed by atoms with E-state index in [1.54, 1.807) is 0 Å². The van der Waals surface area contributed by atoms with Gasteiger partial charge in [-0.3, -0.25) is 0 Å². The largest absolute Gasteiger partial charge is 0.477 e. The van der Waals surface area contributed by atoms with Crippen molar-refractivity contribution in [3.05, 3.63) is 9.28 Å². The highest BCUT2D eigenvalue weighted by Crippen LogP contribution is 2.29. The van der Waals surface area contributed by atoms with E-state index in [1.165, 1.54) is 0 Å². The van der Waals surface area contributed by atoms with Crippen LogP contribution in [-0.4, -0.2) is 30.1 Å². The summed E-state index contributed by atoms with van der Waals surface area (Å²) >= 11 is 1.89. The number of nitrogens with zero attached hydrogens (tertiary/aromatic N) is 1. The van der Waals surface area contributed by atoms with Crippen molar-refractivity contribution >= 4 is 28.6 Å². The lowest BCUT2D eigenvalue weighted by Crippen LogP contribution is -2.20. The van der Waals surface area contributed by atoms with Crippen molar-refractivity contribution in [2.45, 2.75) is 27.2 Å². The van der Waals surface area contributed by atoms with Crippen LogP contribution >= 0.6 is 22.6 Å². The molecule has 0 aliphatic rings. The van der Waals surface area contributed by atoms with Gasteiger partial charge in [0.05, 0.1) is 0 Å². The van der Waals surface area contributed by atoms with Crippen LogP contribution in [0.5, 0.6) is 0 Å². The van der Waals surface area contributed by atoms with E-state index in [4.69, 9.17) is 5.11 Å². The molecule has 82 valence electrons. The van der Waals surface area contributed by atoms with Crippen LogP contribution in [0.4, 0.5) is 0 Å². The normalized spacial score (nSPS) is 13.6. The van der Waals surface area contributed by atoms with Crippen molar-refractivity contribution in [3.8, 4) is 0 Å². The van der Waals surface area contributed by atoms with Gasteiger partial charge in [-0.2, -0.15) is 0 Å². The summed E-state index contributed by atoms with van der Waals surface area (Å²) in [7, 11) is 3.76. The number of hydrogen-bond acceptors (Lipinski definition) is 2. The molecule has 0 aliphatic heterocycles. The summed E-state index contributed by atoms with van der Waals surface area (Å²) in [6.45, 7) is 6.30. The molecule has 0 aromatic rings. The predicted octanol–water partition coefficient (Wildman–Crippen LogP) is 2.72. The summed E-state index contributed by atoms with van der Waals surface area (Å²) in [6, 6.07) is 0. The number of hydrogen-bond donors (Lipinski definition) is 1. The molecule has 0 amide bonds. The van der Waals surface area contributed by atoms with Gasteiger partial charge in [0, 0.05) is 19.8 Å². The smallest absolute Gasteiger partial charge is 0.343 e. The van der Waals surface area contributed by atoms with Crippen LogP contribution in [0.25, 0.3) is 0 Å². The topological polar surface area (TPSA) is 40.5 Å². The summed E-state index contributed by atoms with van der Waals surface area (Å²) in [5.41, 5.74) is 0.983. The molecule has 0 saturated heterocycles. The fourth-order valence-corrected chi connectivity index (χ4v) is 1.73. The van der Waals surface area contributed by atoms with Crippen LogP contribution in [0.1, 0.15) is 27.2 Å². The maximum absolute atomic E-state index is 10.8. The molecule has 14 heavy (non-hydrogen) atoms. The van der Waals surface area contributed by atoms with Crippen LogP contribution < -0.4 is 0 Å². The summed E-state index contributed by atoms with van der Waals surface area (Å²) in [5.74, 6) is -0.849. The predicted molar refractivity (Wildman–Crippen MR) is 66.4 cm³/mol. The van der Waals surface area contributed by atoms with Gasteiger partial charge in [-0.15, -0.1) is 0 Å². The van der Waals surface area contributed by atoms with Crippen molar-refractivity contribution in [3.63, 3.8) is 0 Å². The van der Waals surface area contributed by atoms with Crippen LogP contribution in [0, 0.1) is 5.41 Å². The van der Waals surface area contributed by atoms with Gasteiger partial charge in [-0.05, 0) is 34.4 Å². The third kappa shape index (κ3) is 4.83. The molecule has 0 unspecified atom stereocenters. The minimum atomic E-state index is -0.849. The number of allylic oxidation sites excluding steroid dienone is 1. The molecule has 0 heterocycles. The molecule has 0 rings (SSSR count). The van der Waals surface area contributed by atoms with E-state index in [2.05, 4.69) is 20.8 Å². The van der Waals surface area contributed by atoms with Crippen molar-refractivity contribution < 1.29 is 9.90 Å². The highest BCUT2D eigenvalue weighted by Gasteiger charge is 2.19. The monoisotopic (exact) mass is 311 g/mol. The molecule has 0 aliphatic carbocycles. The molecule has 0 fully saturated rings. The van der Waals surface area contributed by atoms with Gasteiger partial charge in [-0.1, -0.05) is 20.8 Å². The second-order valence-electron chi connectivity index (χ2n) is 4.70. The summed E-state index contributed by atoms with van der Waals surface area (Å²) in [6.07, 6.45) is 0.768. The van der Waals surface area contributed by atoms with E-state index in [0.717, 1.165) is 12.1 Å². The first kappa shape index (κ1) is 13.7. The van der Waals surface area contributed by atoms with E-state index in [-0.39, 0.29) is 5.41 Å². The van der Waals surface area contributed by atoms with E-state index >= 15 is 0 Å². The molecule has 0 aromatic carbocycles. The Kier molecular flexibility index (Phi) is 4.91. The number of rotatable bonds is 3. The number of carbonyl (C=O) groups is 1. The SMILES string of the molecule is CN(C)C(CC(C)(C)C)=C(I)C(=O)O. The Balaban J connectivity index is 4.97. The second-order valence-corrected chi connectivity index (χ2v) is 5.78. The molecular formula is C10H18INO2. The lowest BCUT2D eigenvalue weighted by atomic mass is 9.90. The Morgan fingerprint density at radius 2 is 1.79 bits per heavy atom. The van der Waals surface area contributed by atoms with Crippen molar-refractivity contribution in [1.82, 2.24) is 4.90 Å². The molecule has 0 aromatic heterocycles. The van der Waals surface area contributed by atoms with Crippen LogP contribution in [-0.2, 0) is 4.79 Å². The van der Waals surface area contributed by atoms with Gasteiger partial charge in [-0.25, -0.2) is 4.79 Å². The highest BCUT2D eigenvalue weighted by atomic mass is 127. The zero-order valence-corrected chi connectivity index (χ0v) is 11.5. The minimum absolute atomic E-state index is 0.103. The fourth-order valence-electron chi connectivity index (χ4n) is 1.06. The molecule has 4 heteroatoms. The summed E-state index contributed by atoms with van der Waals surface area (Å²) in [5, 5.41) is 8.91. The standard InChI is InChI=1S/C10H18INO2/c1-10(2,3)6-7(12(4)5)8(11)9(13)14/h6H2,1-5H3,(H,13,14). The number of halogens is 1. The average molecular weight is 311 g/mol. The quantitative estimate of drug-likeness (QED) is 0.643. The number of carboxylic acids is 1. The third-order valence-corrected chi connectivity index (χ3v) is 2.76. The summed E-state index contributed by atoms with van der Waals surface area (Å²) in [4.78, 5) is 12.7. The van der Waals surface area contributed by atoms with E-state index < -0.39 is 5.97 Å². The maximum Gasteiger partial charge on any atom is 0.343 e. The van der Waals surface area contributed by atoms with Gasteiger partial charge < -0.3 is 10.0 Å². The molecule has 0 radical (unpaired) electrons. The first-order chi connectivity index (χ1) is 6.15. The number of carboxylic acid groups (broad SMARTS) is 1. The van der Waals surface area contributed by atoms with Gasteiger partial charge in [0.2, 0.25) is 0 Å². The van der Waals surface area contributed by atoms with Crippen molar-refractivity contribution in [2.75, 3.05) is 14.1 Å². The number of aliphatic carboxylic acids is 1. The van der Waals surface area contributed by atoms with Gasteiger partial charge in [0.25, 0.3) is 0 Å². The van der Waals surface area contributed by atoms with Crippen molar-refractivity contribution in [2.24, 2.45) is 5.41 Å². The Morgan fingerprint density at radius 3 is 2.00 bits per heavy atom. The first-order valence-electron chi connectivity index (χ1n) is 4.44. The lowest BCUT2D eigenvalue weighted by Gasteiger charge is -2.26. The molecule has 1 N–H and O–H groups in total. The molecule has 0 bridgehead atoms. The molecule has 0 saturated carbocycles. The van der Waals surface area contributed by atoms with E-state index in [9.17, 15) is 4.79 Å². The summed E-state index contributed by atoms with van der Waals surface area (Å²) < 4.78 is 0.405. The third-order valence-electron chi connectivity index (χ3n) is 1.68. The Hall–Kier alpha value is -0.260. The van der Waals surface area contributed by atoms with E-state index in [0.29, 0.717) is 3.58 Å². The Labute approximate surface area is 99.3 Å². The first-order valence-corrected chi connectivity index (χ1v) is 5.52. The maximum atomic E-state index is 10.8. The minimum Gasteiger partial charge on any atom is -0.477 e. The van der Waals surface area contributed by atoms with Gasteiger partial charge >= 0.3 is 5.97 Å². The fraction of sp³-hybridized carbons (Fsp3) is 0.700. The van der Waals surface area contributed by atoms with Crippen LogP contribution in [0.15, 0.2) is 9.28 Å². The lowest BCUT2D eigenvalue weighted by molar-refractivity contribution is -0.131. The van der Waals surface area contributed by atoms with Crippen LogP contribution in [0.2, 0.25) is 0 Å². The van der Waals surface area contributed by atoms with Crippen molar-refractivity contribution in [1.29, 1.82) is 0 Å². The van der Waals surface area contributed by atoms with Gasteiger partial charge in [0.15, 0.2) is 0 Å². The molecular weight excluding hydrogens is 293 g/mol. The Bertz CT molecular complexity index is 251. The highest BCUT2D eigenvalue weighted by molar-refractivity contribution is 14.1. The van der Waals surface area contributed by atoms with Crippen LogP contribution in [0.3, 0.4) is 0 Å². The Morgan fingerprint density at radius 1 is 1.36 bits per heavy atom. The van der Waals surface area contributed by atoms with Gasteiger partial charge in [0.1, 0.15) is 3.58 Å². The zero-order chi connectivity index (χ0) is 11.5. The molecule has 3 nitrogen and oxygen atoms in total. The molecule has 0 spiro atoms. The van der Waals surface area contributed by atoms with E-state index in [1.807, 2.05) is 41.6 Å². The average Bonchev–Trinajstić information content (AvgIpc) is 1.96.